The third-order valence-corrected chi connectivity index (χ3v) is 4.67. The molecule has 0 amide bonds. The molecule has 5 nitrogen and oxygen atoms in total. The van der Waals surface area contributed by atoms with Crippen LogP contribution in [0.25, 0.3) is 0 Å². The predicted molar refractivity (Wildman–Crippen MR) is 67.5 cm³/mol. The molecule has 2 atom stereocenters. The van der Waals surface area contributed by atoms with Gasteiger partial charge in [-0.25, -0.2) is 0 Å². The number of carbonyl (C=O) groups excluding carboxylic acids is 2. The van der Waals surface area contributed by atoms with E-state index in [0.717, 1.165) is 12.8 Å². The van der Waals surface area contributed by atoms with Crippen LogP contribution in [-0.2, 0) is 18.4 Å². The van der Waals surface area contributed by atoms with Crippen molar-refractivity contribution in [3.63, 3.8) is 0 Å². The van der Waals surface area contributed by atoms with Crippen molar-refractivity contribution >= 4 is 21.2 Å². The zero-order valence-corrected chi connectivity index (χ0v) is 12.2. The zero-order valence-electron chi connectivity index (χ0n) is 11.1. The zero-order chi connectivity index (χ0) is 13.4. The average molecular weight is 261 g/mol. The maximum absolute atomic E-state index is 10.9. The Morgan fingerprint density at radius 2 is 1.71 bits per heavy atom. The summed E-state index contributed by atoms with van der Waals surface area (Å²) in [7, 11) is -2.27. The van der Waals surface area contributed by atoms with E-state index in [9.17, 15) is 9.59 Å². The summed E-state index contributed by atoms with van der Waals surface area (Å²) < 4.78 is 10.2. The van der Waals surface area contributed by atoms with E-state index in [-0.39, 0.29) is 12.0 Å². The van der Waals surface area contributed by atoms with Crippen molar-refractivity contribution in [1.82, 2.24) is 0 Å². The van der Waals surface area contributed by atoms with Crippen LogP contribution in [0.5, 0.6) is 0 Å². The molecule has 0 saturated heterocycles. The minimum Gasteiger partial charge on any atom is -0.487 e. The minimum atomic E-state index is -2.27. The standard InChI is InChI=1S/C11H23NO4Si/c1-5-6-11(8(2)12)7-17(15-9(3)13)16-10(4)14/h8,11,17H,5-7,12H2,1-4H3. The van der Waals surface area contributed by atoms with E-state index >= 15 is 0 Å². The van der Waals surface area contributed by atoms with E-state index in [0.29, 0.717) is 6.04 Å². The first-order chi connectivity index (χ1) is 7.86. The second-order valence-electron chi connectivity index (χ2n) is 4.29. The van der Waals surface area contributed by atoms with Gasteiger partial charge < -0.3 is 14.6 Å². The third kappa shape index (κ3) is 7.92. The van der Waals surface area contributed by atoms with Gasteiger partial charge in [-0.15, -0.1) is 0 Å². The first-order valence-corrected chi connectivity index (χ1v) is 7.72. The van der Waals surface area contributed by atoms with E-state index in [1.54, 1.807) is 0 Å². The van der Waals surface area contributed by atoms with Crippen LogP contribution in [0.3, 0.4) is 0 Å². The fourth-order valence-electron chi connectivity index (χ4n) is 1.70. The Morgan fingerprint density at radius 1 is 1.24 bits per heavy atom. The predicted octanol–water partition coefficient (Wildman–Crippen LogP) is 1.10. The van der Waals surface area contributed by atoms with Gasteiger partial charge >= 0.3 is 9.28 Å². The highest BCUT2D eigenvalue weighted by atomic mass is 28.3. The van der Waals surface area contributed by atoms with Crippen molar-refractivity contribution in [1.29, 1.82) is 0 Å². The molecular formula is C11H23NO4Si. The molecule has 0 aliphatic carbocycles. The van der Waals surface area contributed by atoms with Crippen molar-refractivity contribution < 1.29 is 18.4 Å². The molecule has 0 spiro atoms. The number of nitrogens with two attached hydrogens (primary N) is 1. The Hall–Kier alpha value is -0.883. The van der Waals surface area contributed by atoms with E-state index in [4.69, 9.17) is 14.6 Å². The second-order valence-corrected chi connectivity index (χ2v) is 6.09. The minimum absolute atomic E-state index is 0.0102. The highest BCUT2D eigenvalue weighted by Gasteiger charge is 2.26. The molecule has 6 heteroatoms. The normalized spacial score (nSPS) is 14.2. The number of hydrogen-bond donors (Lipinski definition) is 1. The van der Waals surface area contributed by atoms with Crippen molar-refractivity contribution in [3.05, 3.63) is 0 Å². The first kappa shape index (κ1) is 16.1. The van der Waals surface area contributed by atoms with E-state index < -0.39 is 21.2 Å². The smallest absolute Gasteiger partial charge is 0.448 e. The molecule has 0 radical (unpaired) electrons. The summed E-state index contributed by atoms with van der Waals surface area (Å²) in [5.41, 5.74) is 5.87. The van der Waals surface area contributed by atoms with Crippen LogP contribution in [0.1, 0.15) is 40.5 Å². The maximum atomic E-state index is 10.9. The van der Waals surface area contributed by atoms with Gasteiger partial charge in [0.05, 0.1) is 0 Å². The molecule has 0 aliphatic heterocycles. The highest BCUT2D eigenvalue weighted by molar-refractivity contribution is 6.48. The largest absolute Gasteiger partial charge is 0.487 e. The summed E-state index contributed by atoms with van der Waals surface area (Å²) in [6, 6.07) is 0.598. The monoisotopic (exact) mass is 261 g/mol. The highest BCUT2D eigenvalue weighted by Crippen LogP contribution is 2.18. The molecule has 0 heterocycles. The summed E-state index contributed by atoms with van der Waals surface area (Å²) in [5, 5.41) is 0. The number of rotatable bonds is 7. The van der Waals surface area contributed by atoms with Crippen LogP contribution in [0, 0.1) is 5.92 Å². The van der Waals surface area contributed by atoms with Gasteiger partial charge in [0, 0.05) is 25.9 Å². The molecule has 0 saturated carbocycles. The lowest BCUT2D eigenvalue weighted by molar-refractivity contribution is -0.137. The molecule has 2 N–H and O–H groups in total. The van der Waals surface area contributed by atoms with Crippen molar-refractivity contribution in [2.75, 3.05) is 0 Å². The second kappa shape index (κ2) is 8.24. The summed E-state index contributed by atoms with van der Waals surface area (Å²) in [6.45, 7) is 6.64. The summed E-state index contributed by atoms with van der Waals surface area (Å²) in [5.74, 6) is -0.568. The van der Waals surface area contributed by atoms with Crippen LogP contribution in [0.4, 0.5) is 0 Å². The van der Waals surface area contributed by atoms with Crippen molar-refractivity contribution in [3.8, 4) is 0 Å². The van der Waals surface area contributed by atoms with Crippen LogP contribution in [0.15, 0.2) is 0 Å². The van der Waals surface area contributed by atoms with Gasteiger partial charge in [-0.05, 0) is 19.3 Å². The molecule has 0 aromatic rings. The Morgan fingerprint density at radius 3 is 2.00 bits per heavy atom. The third-order valence-electron chi connectivity index (χ3n) is 2.49. The van der Waals surface area contributed by atoms with Gasteiger partial charge in [0.2, 0.25) is 0 Å². The molecule has 100 valence electrons. The van der Waals surface area contributed by atoms with E-state index in [1.807, 2.05) is 6.92 Å². The molecule has 2 unspecified atom stereocenters. The Balaban J connectivity index is 4.45. The fourth-order valence-corrected chi connectivity index (χ4v) is 3.84. The molecular weight excluding hydrogens is 238 g/mol. The maximum Gasteiger partial charge on any atom is 0.448 e. The Kier molecular flexibility index (Phi) is 7.82. The summed E-state index contributed by atoms with van der Waals surface area (Å²) in [6.07, 6.45) is 1.96. The van der Waals surface area contributed by atoms with Crippen LogP contribution < -0.4 is 5.73 Å². The number of hydrogen-bond acceptors (Lipinski definition) is 5. The summed E-state index contributed by atoms with van der Waals surface area (Å²) >= 11 is 0. The van der Waals surface area contributed by atoms with Gasteiger partial charge in [0.15, 0.2) is 0 Å². The van der Waals surface area contributed by atoms with E-state index in [2.05, 4.69) is 6.92 Å². The molecule has 17 heavy (non-hydrogen) atoms. The summed E-state index contributed by atoms with van der Waals surface area (Å²) in [4.78, 5) is 21.9. The van der Waals surface area contributed by atoms with Crippen LogP contribution in [-0.4, -0.2) is 27.3 Å². The molecule has 0 bridgehead atoms. The Bertz CT molecular complexity index is 242. The van der Waals surface area contributed by atoms with Crippen molar-refractivity contribution in [2.45, 2.75) is 52.6 Å². The van der Waals surface area contributed by atoms with Gasteiger partial charge in [-0.2, -0.15) is 0 Å². The van der Waals surface area contributed by atoms with Gasteiger partial charge in [-0.3, -0.25) is 9.59 Å². The van der Waals surface area contributed by atoms with E-state index in [1.165, 1.54) is 13.8 Å². The fraction of sp³-hybridized carbons (Fsp3) is 0.818. The van der Waals surface area contributed by atoms with Gasteiger partial charge in [-0.1, -0.05) is 13.3 Å². The van der Waals surface area contributed by atoms with Crippen LogP contribution >= 0.6 is 0 Å². The lowest BCUT2D eigenvalue weighted by atomic mass is 9.99. The quantitative estimate of drug-likeness (QED) is 0.694. The molecule has 0 fully saturated rings. The Labute approximate surface area is 105 Å². The lowest BCUT2D eigenvalue weighted by Gasteiger charge is -2.23. The molecule has 0 aromatic carbocycles. The van der Waals surface area contributed by atoms with Crippen LogP contribution in [0.2, 0.25) is 6.04 Å². The molecule has 0 rings (SSSR count). The average Bonchev–Trinajstić information content (AvgIpc) is 2.14. The molecule has 0 aliphatic rings. The number of carbonyl (C=O) groups is 2. The van der Waals surface area contributed by atoms with Gasteiger partial charge in [0.25, 0.3) is 11.9 Å². The first-order valence-electron chi connectivity index (χ1n) is 5.96. The van der Waals surface area contributed by atoms with Gasteiger partial charge in [0.1, 0.15) is 0 Å². The van der Waals surface area contributed by atoms with Crippen molar-refractivity contribution in [2.24, 2.45) is 11.7 Å². The topological polar surface area (TPSA) is 78.6 Å². The SMILES string of the molecule is CCCC(C[SiH](OC(C)=O)OC(C)=O)C(C)N. The molecule has 0 aromatic heterocycles. The lowest BCUT2D eigenvalue weighted by Crippen LogP contribution is -2.35.